The van der Waals surface area contributed by atoms with Gasteiger partial charge in [0.25, 0.3) is 0 Å². The van der Waals surface area contributed by atoms with Gasteiger partial charge in [-0.2, -0.15) is 0 Å². The molecule has 1 aliphatic heterocycles. The topological polar surface area (TPSA) is 58.4 Å². The van der Waals surface area contributed by atoms with E-state index in [1.165, 1.54) is 11.1 Å². The molecule has 0 fully saturated rings. The van der Waals surface area contributed by atoms with Crippen molar-refractivity contribution < 1.29 is 4.79 Å². The minimum absolute atomic E-state index is 0.0384. The quantitative estimate of drug-likeness (QED) is 0.635. The molecule has 1 heterocycles. The highest BCUT2D eigenvalue weighted by Crippen LogP contribution is 2.23. The minimum Gasteiger partial charge on any atom is -0.398 e. The van der Waals surface area contributed by atoms with Crippen molar-refractivity contribution in [3.63, 3.8) is 0 Å². The van der Waals surface area contributed by atoms with Crippen LogP contribution >= 0.6 is 0 Å². The van der Waals surface area contributed by atoms with Crippen LogP contribution in [0.3, 0.4) is 0 Å². The molecule has 4 heteroatoms. The van der Waals surface area contributed by atoms with E-state index in [4.69, 9.17) is 5.73 Å². The Balaban J connectivity index is 1.97. The molecule has 0 aliphatic carbocycles. The van der Waals surface area contributed by atoms with Gasteiger partial charge in [-0.25, -0.2) is 4.79 Å². The van der Waals surface area contributed by atoms with Gasteiger partial charge in [0.05, 0.1) is 0 Å². The Labute approximate surface area is 108 Å². The largest absolute Gasteiger partial charge is 0.398 e. The number of hydrogen-bond acceptors (Lipinski definition) is 2. The summed E-state index contributed by atoms with van der Waals surface area (Å²) >= 11 is 0. The highest BCUT2D eigenvalue weighted by Gasteiger charge is 2.21. The van der Waals surface area contributed by atoms with Crippen molar-refractivity contribution in [2.24, 2.45) is 0 Å². The van der Waals surface area contributed by atoms with Crippen molar-refractivity contribution in [2.75, 3.05) is 18.8 Å². The van der Waals surface area contributed by atoms with Crippen LogP contribution in [0.1, 0.15) is 30.9 Å². The number of rotatable bonds is 3. The predicted molar refractivity (Wildman–Crippen MR) is 73.3 cm³/mol. The molecule has 0 saturated heterocycles. The Kier molecular flexibility index (Phi) is 4.07. The van der Waals surface area contributed by atoms with Crippen molar-refractivity contribution in [1.82, 2.24) is 10.2 Å². The van der Waals surface area contributed by atoms with Gasteiger partial charge in [-0.1, -0.05) is 25.5 Å². The van der Waals surface area contributed by atoms with E-state index >= 15 is 0 Å². The molecule has 3 N–H and O–H groups in total. The molecule has 0 saturated carbocycles. The number of anilines is 1. The maximum absolute atomic E-state index is 12.0. The first-order valence-corrected chi connectivity index (χ1v) is 6.61. The van der Waals surface area contributed by atoms with Crippen LogP contribution in [0.25, 0.3) is 0 Å². The SMILES string of the molecule is CCCCNC(=O)N1CCc2c(N)cccc2C1. The number of amides is 2. The van der Waals surface area contributed by atoms with E-state index in [0.29, 0.717) is 6.54 Å². The summed E-state index contributed by atoms with van der Waals surface area (Å²) in [5, 5.41) is 2.95. The molecule has 0 atom stereocenters. The number of carbonyl (C=O) groups excluding carboxylic acids is 1. The summed E-state index contributed by atoms with van der Waals surface area (Å²) in [4.78, 5) is 13.8. The lowest BCUT2D eigenvalue weighted by atomic mass is 9.98. The molecule has 18 heavy (non-hydrogen) atoms. The van der Waals surface area contributed by atoms with Crippen molar-refractivity contribution in [2.45, 2.75) is 32.7 Å². The molecule has 2 rings (SSSR count). The highest BCUT2D eigenvalue weighted by molar-refractivity contribution is 5.74. The van der Waals surface area contributed by atoms with Gasteiger partial charge in [-0.15, -0.1) is 0 Å². The Hall–Kier alpha value is -1.71. The second-order valence-corrected chi connectivity index (χ2v) is 4.74. The third kappa shape index (κ3) is 2.75. The smallest absolute Gasteiger partial charge is 0.317 e. The fourth-order valence-electron chi connectivity index (χ4n) is 2.30. The number of nitrogens with two attached hydrogens (primary N) is 1. The van der Waals surface area contributed by atoms with E-state index in [0.717, 1.165) is 38.0 Å². The lowest BCUT2D eigenvalue weighted by molar-refractivity contribution is 0.192. The fraction of sp³-hybridized carbons (Fsp3) is 0.500. The summed E-state index contributed by atoms with van der Waals surface area (Å²) in [5.41, 5.74) is 9.16. The average Bonchev–Trinajstić information content (AvgIpc) is 2.39. The van der Waals surface area contributed by atoms with Crippen LogP contribution in [0.5, 0.6) is 0 Å². The van der Waals surface area contributed by atoms with Crippen molar-refractivity contribution >= 4 is 11.7 Å². The molecule has 1 aliphatic rings. The van der Waals surface area contributed by atoms with Gasteiger partial charge in [0.1, 0.15) is 0 Å². The first-order valence-electron chi connectivity index (χ1n) is 6.61. The van der Waals surface area contributed by atoms with Crippen LogP contribution in [0.2, 0.25) is 0 Å². The Morgan fingerprint density at radius 3 is 3.11 bits per heavy atom. The fourth-order valence-corrected chi connectivity index (χ4v) is 2.30. The van der Waals surface area contributed by atoms with Crippen LogP contribution in [0.4, 0.5) is 10.5 Å². The molecule has 1 aromatic rings. The number of hydrogen-bond donors (Lipinski definition) is 2. The highest BCUT2D eigenvalue weighted by atomic mass is 16.2. The van der Waals surface area contributed by atoms with E-state index in [1.54, 1.807) is 0 Å². The van der Waals surface area contributed by atoms with Crippen molar-refractivity contribution in [1.29, 1.82) is 0 Å². The third-order valence-electron chi connectivity index (χ3n) is 3.40. The summed E-state index contributed by atoms with van der Waals surface area (Å²) < 4.78 is 0. The van der Waals surface area contributed by atoms with Crippen molar-refractivity contribution in [3.05, 3.63) is 29.3 Å². The molecule has 2 amide bonds. The normalized spacial score (nSPS) is 14.2. The van der Waals surface area contributed by atoms with Crippen LogP contribution in [0.15, 0.2) is 18.2 Å². The number of carbonyl (C=O) groups is 1. The van der Waals surface area contributed by atoms with Gasteiger partial charge in [0, 0.05) is 25.3 Å². The van der Waals surface area contributed by atoms with E-state index in [9.17, 15) is 4.79 Å². The van der Waals surface area contributed by atoms with Gasteiger partial charge in [-0.3, -0.25) is 0 Å². The maximum Gasteiger partial charge on any atom is 0.317 e. The zero-order valence-corrected chi connectivity index (χ0v) is 10.9. The van der Waals surface area contributed by atoms with E-state index in [2.05, 4.69) is 18.3 Å². The number of fused-ring (bicyclic) bond motifs is 1. The molecule has 98 valence electrons. The summed E-state index contributed by atoms with van der Waals surface area (Å²) in [6.45, 7) is 4.29. The predicted octanol–water partition coefficient (Wildman–Crippen LogP) is 2.14. The molecule has 0 spiro atoms. The third-order valence-corrected chi connectivity index (χ3v) is 3.40. The van der Waals surface area contributed by atoms with Gasteiger partial charge in [-0.05, 0) is 30.0 Å². The summed E-state index contributed by atoms with van der Waals surface area (Å²) in [5.74, 6) is 0. The van der Waals surface area contributed by atoms with Crippen LogP contribution in [0, 0.1) is 0 Å². The standard InChI is InChI=1S/C14H21N3O/c1-2-3-8-16-14(18)17-9-7-12-11(10-17)5-4-6-13(12)15/h4-6H,2-3,7-10,15H2,1H3,(H,16,18). The number of nitrogens with zero attached hydrogens (tertiary/aromatic N) is 1. The zero-order valence-electron chi connectivity index (χ0n) is 10.9. The number of nitrogen functional groups attached to an aromatic ring is 1. The van der Waals surface area contributed by atoms with Gasteiger partial charge < -0.3 is 16.0 Å². The molecule has 0 unspecified atom stereocenters. The minimum atomic E-state index is 0.0384. The molecule has 0 radical (unpaired) electrons. The Morgan fingerprint density at radius 1 is 1.50 bits per heavy atom. The number of benzene rings is 1. The lowest BCUT2D eigenvalue weighted by Gasteiger charge is -2.29. The molecule has 4 nitrogen and oxygen atoms in total. The second kappa shape index (κ2) is 5.76. The first kappa shape index (κ1) is 12.7. The number of nitrogens with one attached hydrogen (secondary N) is 1. The van der Waals surface area contributed by atoms with Crippen LogP contribution in [-0.4, -0.2) is 24.0 Å². The van der Waals surface area contributed by atoms with E-state index in [1.807, 2.05) is 17.0 Å². The lowest BCUT2D eigenvalue weighted by Crippen LogP contribution is -2.43. The van der Waals surface area contributed by atoms with E-state index in [-0.39, 0.29) is 6.03 Å². The Bertz CT molecular complexity index is 431. The molecule has 1 aromatic carbocycles. The summed E-state index contributed by atoms with van der Waals surface area (Å²) in [7, 11) is 0. The molecular formula is C14H21N3O. The van der Waals surface area contributed by atoms with Gasteiger partial charge in [0.15, 0.2) is 0 Å². The van der Waals surface area contributed by atoms with Gasteiger partial charge in [0.2, 0.25) is 0 Å². The van der Waals surface area contributed by atoms with Crippen LogP contribution < -0.4 is 11.1 Å². The van der Waals surface area contributed by atoms with E-state index < -0.39 is 0 Å². The van der Waals surface area contributed by atoms with Gasteiger partial charge >= 0.3 is 6.03 Å². The summed E-state index contributed by atoms with van der Waals surface area (Å²) in [6.07, 6.45) is 2.98. The second-order valence-electron chi connectivity index (χ2n) is 4.74. The number of unbranched alkanes of at least 4 members (excludes halogenated alkanes) is 1. The maximum atomic E-state index is 12.0. The summed E-state index contributed by atoms with van der Waals surface area (Å²) in [6, 6.07) is 5.97. The number of urea groups is 1. The monoisotopic (exact) mass is 247 g/mol. The van der Waals surface area contributed by atoms with Crippen molar-refractivity contribution in [3.8, 4) is 0 Å². The first-order chi connectivity index (χ1) is 8.72. The molecule has 0 aromatic heterocycles. The zero-order chi connectivity index (χ0) is 13.0. The molecule has 0 bridgehead atoms. The average molecular weight is 247 g/mol. The molecular weight excluding hydrogens is 226 g/mol. The Morgan fingerprint density at radius 2 is 2.33 bits per heavy atom. The van der Waals surface area contributed by atoms with Crippen LogP contribution in [-0.2, 0) is 13.0 Å².